The number of ether oxygens (including phenoxy) is 1. The molecule has 3 aliphatic rings. The van der Waals surface area contributed by atoms with Crippen molar-refractivity contribution < 1.29 is 28.3 Å². The molecule has 4 amide bonds. The molecule has 196 valence electrons. The molecule has 0 aliphatic carbocycles. The zero-order chi connectivity index (χ0) is 26.2. The second-order valence-corrected chi connectivity index (χ2v) is 10.7. The van der Waals surface area contributed by atoms with Gasteiger partial charge in [-0.25, -0.2) is 9.18 Å². The number of primary amides is 1. The topological polar surface area (TPSA) is 125 Å². The molecule has 0 spiro atoms. The van der Waals surface area contributed by atoms with Gasteiger partial charge in [0.25, 0.3) is 0 Å². The van der Waals surface area contributed by atoms with Crippen molar-refractivity contribution in [3.05, 3.63) is 35.6 Å². The van der Waals surface area contributed by atoms with Crippen LogP contribution in [0.25, 0.3) is 0 Å². The van der Waals surface area contributed by atoms with E-state index in [4.69, 9.17) is 10.5 Å². The van der Waals surface area contributed by atoms with E-state index in [1.54, 1.807) is 37.8 Å². The molecule has 0 aromatic heterocycles. The molecule has 11 heteroatoms. The largest absolute Gasteiger partial charge is 0.444 e. The number of amides is 4. The van der Waals surface area contributed by atoms with Gasteiger partial charge in [-0.2, -0.15) is 0 Å². The van der Waals surface area contributed by atoms with E-state index >= 15 is 0 Å². The maximum atomic E-state index is 13.6. The van der Waals surface area contributed by atoms with Gasteiger partial charge in [0.1, 0.15) is 23.5 Å². The lowest BCUT2D eigenvalue weighted by Crippen LogP contribution is -2.59. The van der Waals surface area contributed by atoms with Crippen LogP contribution in [-0.4, -0.2) is 87.9 Å². The Morgan fingerprint density at radius 2 is 2.03 bits per heavy atom. The Morgan fingerprint density at radius 3 is 2.67 bits per heavy atom. The summed E-state index contributed by atoms with van der Waals surface area (Å²) in [5, 5.41) is 2.66. The third kappa shape index (κ3) is 5.61. The fraction of sp³-hybridized carbons (Fsp3) is 0.600. The molecule has 10 nitrogen and oxygen atoms in total. The van der Waals surface area contributed by atoms with Gasteiger partial charge in [-0.3, -0.25) is 19.3 Å². The van der Waals surface area contributed by atoms with Crippen LogP contribution in [0.15, 0.2) is 24.3 Å². The average Bonchev–Trinajstić information content (AvgIpc) is 3.48. The molecule has 3 saturated heterocycles. The quantitative estimate of drug-likeness (QED) is 0.572. The van der Waals surface area contributed by atoms with Crippen molar-refractivity contribution in [2.45, 2.75) is 76.3 Å². The second-order valence-electron chi connectivity index (χ2n) is 10.7. The summed E-state index contributed by atoms with van der Waals surface area (Å²) in [5.41, 5.74) is 5.45. The van der Waals surface area contributed by atoms with E-state index in [1.807, 2.05) is 4.90 Å². The fourth-order valence-corrected chi connectivity index (χ4v) is 5.37. The molecule has 4 rings (SSSR count). The SMILES string of the molecule is CC(C)(C)OC(=O)N[C@@H](CN1C[C@H]2C[C@@H]1C(=O)N2Cc1cccc(F)c1)C(=O)N1CCC[C@H]1C(N)=O. The molecule has 3 N–H and O–H groups in total. The Morgan fingerprint density at radius 1 is 1.28 bits per heavy atom. The lowest BCUT2D eigenvalue weighted by molar-refractivity contribution is -0.141. The molecule has 2 bridgehead atoms. The van der Waals surface area contributed by atoms with E-state index in [2.05, 4.69) is 5.32 Å². The van der Waals surface area contributed by atoms with E-state index in [1.165, 1.54) is 17.0 Å². The first-order chi connectivity index (χ1) is 16.9. The lowest BCUT2D eigenvalue weighted by Gasteiger charge is -2.36. The summed E-state index contributed by atoms with van der Waals surface area (Å²) in [6.07, 6.45) is 0.955. The van der Waals surface area contributed by atoms with Crippen LogP contribution in [0.1, 0.15) is 45.6 Å². The van der Waals surface area contributed by atoms with E-state index in [9.17, 15) is 23.6 Å². The molecule has 3 heterocycles. The molecular weight excluding hydrogens is 469 g/mol. The minimum atomic E-state index is -1.01. The number of alkyl carbamates (subject to hydrolysis) is 1. The second kappa shape index (κ2) is 10.0. The number of hydrogen-bond donors (Lipinski definition) is 2. The monoisotopic (exact) mass is 503 g/mol. The number of benzene rings is 1. The number of nitrogens with two attached hydrogens (primary N) is 1. The van der Waals surface area contributed by atoms with E-state index in [0.29, 0.717) is 44.5 Å². The summed E-state index contributed by atoms with van der Waals surface area (Å²) in [7, 11) is 0. The number of hydrogen-bond acceptors (Lipinski definition) is 6. The number of nitrogens with zero attached hydrogens (tertiary/aromatic N) is 3. The van der Waals surface area contributed by atoms with Crippen molar-refractivity contribution in [1.82, 2.24) is 20.0 Å². The summed E-state index contributed by atoms with van der Waals surface area (Å²) in [6, 6.07) is 3.93. The number of piperazine rings is 1. The highest BCUT2D eigenvalue weighted by atomic mass is 19.1. The third-order valence-electron chi connectivity index (χ3n) is 6.90. The molecule has 0 unspecified atom stereocenters. The van der Waals surface area contributed by atoms with Crippen molar-refractivity contribution in [3.63, 3.8) is 0 Å². The number of likely N-dealkylation sites (tertiary alicyclic amines) is 3. The van der Waals surface area contributed by atoms with Gasteiger partial charge in [-0.1, -0.05) is 12.1 Å². The summed E-state index contributed by atoms with van der Waals surface area (Å²) >= 11 is 0. The number of halogens is 1. The van der Waals surface area contributed by atoms with Gasteiger partial charge in [-0.05, 0) is 57.7 Å². The Balaban J connectivity index is 1.46. The molecule has 4 atom stereocenters. The lowest BCUT2D eigenvalue weighted by atomic mass is 10.1. The molecular formula is C25H34FN5O5. The molecule has 36 heavy (non-hydrogen) atoms. The fourth-order valence-electron chi connectivity index (χ4n) is 5.37. The Labute approximate surface area is 209 Å². The van der Waals surface area contributed by atoms with Crippen molar-refractivity contribution in [2.24, 2.45) is 5.73 Å². The van der Waals surface area contributed by atoms with Gasteiger partial charge in [-0.15, -0.1) is 0 Å². The van der Waals surface area contributed by atoms with Gasteiger partial charge in [0, 0.05) is 32.2 Å². The standard InChI is InChI=1S/C25H34FN5O5/c1-25(2,3)36-24(35)28-18(22(33)30-9-5-8-19(30)21(27)32)14-29-13-17-11-20(29)23(34)31(17)12-15-6-4-7-16(26)10-15/h4,6-7,10,17-20H,5,8-9,11-14H2,1-3H3,(H2,27,32)(H,28,35)/t17-,18+,19+,20-/m1/s1. The maximum absolute atomic E-state index is 13.6. The molecule has 1 aromatic rings. The first kappa shape index (κ1) is 25.9. The first-order valence-corrected chi connectivity index (χ1v) is 12.3. The zero-order valence-corrected chi connectivity index (χ0v) is 20.9. The van der Waals surface area contributed by atoms with Crippen LogP contribution in [0, 0.1) is 5.82 Å². The van der Waals surface area contributed by atoms with Crippen molar-refractivity contribution in [2.75, 3.05) is 19.6 Å². The van der Waals surface area contributed by atoms with Crippen LogP contribution in [0.4, 0.5) is 9.18 Å². The van der Waals surface area contributed by atoms with E-state index < -0.39 is 41.6 Å². The average molecular weight is 504 g/mol. The van der Waals surface area contributed by atoms with Crippen molar-refractivity contribution in [1.29, 1.82) is 0 Å². The predicted octanol–water partition coefficient (Wildman–Crippen LogP) is 0.980. The summed E-state index contributed by atoms with van der Waals surface area (Å²) in [5.74, 6) is -1.44. The van der Waals surface area contributed by atoms with Crippen LogP contribution >= 0.6 is 0 Å². The highest BCUT2D eigenvalue weighted by Gasteiger charge is 2.50. The van der Waals surface area contributed by atoms with Gasteiger partial charge in [0.2, 0.25) is 17.7 Å². The highest BCUT2D eigenvalue weighted by molar-refractivity contribution is 5.92. The first-order valence-electron chi connectivity index (χ1n) is 12.3. The van der Waals surface area contributed by atoms with Gasteiger partial charge in [0.05, 0.1) is 6.04 Å². The van der Waals surface area contributed by atoms with Crippen LogP contribution in [-0.2, 0) is 25.7 Å². The number of fused-ring (bicyclic) bond motifs is 2. The number of rotatable bonds is 7. The number of carbonyl (C=O) groups excluding carboxylic acids is 4. The van der Waals surface area contributed by atoms with Crippen LogP contribution < -0.4 is 11.1 Å². The normalized spacial score (nSPS) is 24.8. The Bertz CT molecular complexity index is 1040. The highest BCUT2D eigenvalue weighted by Crippen LogP contribution is 2.33. The minimum absolute atomic E-state index is 0.0757. The summed E-state index contributed by atoms with van der Waals surface area (Å²) in [6.45, 7) is 6.46. The summed E-state index contributed by atoms with van der Waals surface area (Å²) in [4.78, 5) is 56.1. The van der Waals surface area contributed by atoms with Crippen LogP contribution in [0.2, 0.25) is 0 Å². The number of nitrogens with one attached hydrogen (secondary N) is 1. The van der Waals surface area contributed by atoms with Crippen molar-refractivity contribution >= 4 is 23.8 Å². The molecule has 3 fully saturated rings. The molecule has 3 aliphatic heterocycles. The third-order valence-corrected chi connectivity index (χ3v) is 6.90. The zero-order valence-electron chi connectivity index (χ0n) is 20.9. The number of carbonyl (C=O) groups is 4. The molecule has 0 radical (unpaired) electrons. The maximum Gasteiger partial charge on any atom is 0.408 e. The smallest absolute Gasteiger partial charge is 0.408 e. The van der Waals surface area contributed by atoms with Crippen LogP contribution in [0.3, 0.4) is 0 Å². The van der Waals surface area contributed by atoms with Gasteiger partial charge in [0.15, 0.2) is 0 Å². The van der Waals surface area contributed by atoms with Gasteiger partial charge < -0.3 is 25.6 Å². The van der Waals surface area contributed by atoms with E-state index in [-0.39, 0.29) is 24.3 Å². The molecule has 1 aromatic carbocycles. The van der Waals surface area contributed by atoms with Gasteiger partial charge >= 0.3 is 6.09 Å². The molecule has 0 saturated carbocycles. The van der Waals surface area contributed by atoms with Crippen LogP contribution in [0.5, 0.6) is 0 Å². The van der Waals surface area contributed by atoms with Crippen molar-refractivity contribution in [3.8, 4) is 0 Å². The minimum Gasteiger partial charge on any atom is -0.444 e. The Hall–Kier alpha value is -3.21. The predicted molar refractivity (Wildman–Crippen MR) is 128 cm³/mol. The Kier molecular flexibility index (Phi) is 7.21. The summed E-state index contributed by atoms with van der Waals surface area (Å²) < 4.78 is 19.0. The van der Waals surface area contributed by atoms with E-state index in [0.717, 1.165) is 0 Å².